The van der Waals surface area contributed by atoms with Crippen LogP contribution in [0.25, 0.3) is 6.08 Å². The third-order valence-corrected chi connectivity index (χ3v) is 6.74. The van der Waals surface area contributed by atoms with Crippen LogP contribution in [0, 0.1) is 13.8 Å². The Morgan fingerprint density at radius 3 is 2.00 bits per heavy atom. The van der Waals surface area contributed by atoms with Crippen LogP contribution in [0.5, 0.6) is 5.75 Å². The second-order valence-electron chi connectivity index (χ2n) is 10.3. The first-order valence-electron chi connectivity index (χ1n) is 10.4. The minimum Gasteiger partial charge on any atom is -0.507 e. The van der Waals surface area contributed by atoms with Gasteiger partial charge in [0, 0.05) is 11.1 Å². The van der Waals surface area contributed by atoms with Crippen LogP contribution in [0.15, 0.2) is 35.2 Å². The first-order chi connectivity index (χ1) is 14.2. The van der Waals surface area contributed by atoms with Crippen LogP contribution in [0.2, 0.25) is 0 Å². The number of anilines is 1. The molecule has 1 amide bonds. The van der Waals surface area contributed by atoms with Gasteiger partial charge in [0.2, 0.25) is 0 Å². The summed E-state index contributed by atoms with van der Waals surface area (Å²) in [6, 6.07) is 9.97. The van der Waals surface area contributed by atoms with Gasteiger partial charge in [-0.2, -0.15) is 0 Å². The molecule has 5 heteroatoms. The monoisotopic (exact) mass is 453 g/mol. The molecule has 0 radical (unpaired) electrons. The fourth-order valence-corrected chi connectivity index (χ4v) is 5.05. The van der Waals surface area contributed by atoms with E-state index < -0.39 is 0 Å². The van der Waals surface area contributed by atoms with Crippen molar-refractivity contribution in [1.29, 1.82) is 0 Å². The third-order valence-electron chi connectivity index (χ3n) is 5.43. The topological polar surface area (TPSA) is 40.5 Å². The predicted octanol–water partition coefficient (Wildman–Crippen LogP) is 7.01. The number of carbonyl (C=O) groups is 1. The smallest absolute Gasteiger partial charge is 0.270 e. The van der Waals surface area contributed by atoms with Gasteiger partial charge in [0.05, 0.1) is 10.6 Å². The normalized spacial score (nSPS) is 16.5. The van der Waals surface area contributed by atoms with Crippen LogP contribution >= 0.6 is 24.0 Å². The summed E-state index contributed by atoms with van der Waals surface area (Å²) in [6.45, 7) is 16.5. The number of hydrogen-bond donors (Lipinski definition) is 1. The second kappa shape index (κ2) is 8.10. The van der Waals surface area contributed by atoms with E-state index in [0.29, 0.717) is 15.0 Å². The molecule has 3 nitrogen and oxygen atoms in total. The Morgan fingerprint density at radius 1 is 0.968 bits per heavy atom. The number of thioether (sulfide) groups is 1. The van der Waals surface area contributed by atoms with Crippen LogP contribution in [0.4, 0.5) is 5.69 Å². The second-order valence-corrected chi connectivity index (χ2v) is 11.9. The molecule has 0 atom stereocenters. The van der Waals surface area contributed by atoms with Gasteiger partial charge in [-0.15, -0.1) is 0 Å². The fraction of sp³-hybridized carbons (Fsp3) is 0.385. The molecule has 0 bridgehead atoms. The summed E-state index contributed by atoms with van der Waals surface area (Å²) in [5.41, 5.74) is 5.18. The molecule has 1 heterocycles. The molecule has 164 valence electrons. The molecule has 1 aliphatic rings. The largest absolute Gasteiger partial charge is 0.507 e. The van der Waals surface area contributed by atoms with E-state index in [-0.39, 0.29) is 16.7 Å². The molecular weight excluding hydrogens is 422 g/mol. The molecule has 1 aliphatic heterocycles. The van der Waals surface area contributed by atoms with Crippen LogP contribution < -0.4 is 4.90 Å². The average molecular weight is 454 g/mol. The lowest BCUT2D eigenvalue weighted by molar-refractivity contribution is -0.113. The van der Waals surface area contributed by atoms with Crippen molar-refractivity contribution in [1.82, 2.24) is 0 Å². The number of phenols is 1. The Bertz CT molecular complexity index is 1070. The van der Waals surface area contributed by atoms with Gasteiger partial charge in [-0.25, -0.2) is 0 Å². The number of carbonyl (C=O) groups excluding carboxylic acids is 1. The zero-order valence-corrected chi connectivity index (χ0v) is 21.2. The zero-order chi connectivity index (χ0) is 23.3. The Labute approximate surface area is 195 Å². The van der Waals surface area contributed by atoms with Crippen molar-refractivity contribution in [2.75, 3.05) is 4.90 Å². The summed E-state index contributed by atoms with van der Waals surface area (Å²) in [5, 5.41) is 11.0. The molecular formula is C26H31NO2S2. The van der Waals surface area contributed by atoms with Crippen LogP contribution in [0.1, 0.15) is 69.4 Å². The van der Waals surface area contributed by atoms with E-state index in [2.05, 4.69) is 47.6 Å². The van der Waals surface area contributed by atoms with Crippen LogP contribution in [-0.4, -0.2) is 15.3 Å². The van der Waals surface area contributed by atoms with Gasteiger partial charge >= 0.3 is 0 Å². The quantitative estimate of drug-likeness (QED) is 0.392. The maximum Gasteiger partial charge on any atom is 0.270 e. The predicted molar refractivity (Wildman–Crippen MR) is 137 cm³/mol. The highest BCUT2D eigenvalue weighted by molar-refractivity contribution is 8.27. The summed E-state index contributed by atoms with van der Waals surface area (Å²) >= 11 is 6.89. The highest BCUT2D eigenvalue weighted by Crippen LogP contribution is 2.42. The van der Waals surface area contributed by atoms with Gasteiger partial charge in [-0.3, -0.25) is 9.69 Å². The van der Waals surface area contributed by atoms with Gasteiger partial charge in [-0.1, -0.05) is 83.2 Å². The number of amides is 1. The number of aryl methyl sites for hydroxylation is 2. The third kappa shape index (κ3) is 4.73. The van der Waals surface area contributed by atoms with Crippen LogP contribution in [-0.2, 0) is 15.6 Å². The molecule has 0 spiro atoms. The molecule has 1 fully saturated rings. The molecule has 1 N–H and O–H groups in total. The van der Waals surface area contributed by atoms with E-state index >= 15 is 0 Å². The van der Waals surface area contributed by atoms with Crippen molar-refractivity contribution in [3.8, 4) is 5.75 Å². The molecule has 0 aliphatic carbocycles. The van der Waals surface area contributed by atoms with Crippen molar-refractivity contribution in [2.24, 2.45) is 0 Å². The van der Waals surface area contributed by atoms with Crippen molar-refractivity contribution in [3.05, 3.63) is 63.1 Å². The van der Waals surface area contributed by atoms with Gasteiger partial charge < -0.3 is 5.11 Å². The number of benzene rings is 2. The standard InChI is InChI=1S/C26H31NO2S2/c1-15-9-10-20(16(2)11-15)27-23(29)21(31-24(27)30)14-17-12-18(25(3,4)5)22(28)19(13-17)26(6,7)8/h9-14,28H,1-8H3/b21-14-. The highest BCUT2D eigenvalue weighted by atomic mass is 32.2. The van der Waals surface area contributed by atoms with E-state index in [1.54, 1.807) is 4.90 Å². The summed E-state index contributed by atoms with van der Waals surface area (Å²) in [5.74, 6) is 0.227. The highest BCUT2D eigenvalue weighted by Gasteiger charge is 2.34. The molecule has 3 rings (SSSR count). The first kappa shape index (κ1) is 23.6. The van der Waals surface area contributed by atoms with Crippen LogP contribution in [0.3, 0.4) is 0 Å². The lowest BCUT2D eigenvalue weighted by Crippen LogP contribution is -2.28. The van der Waals surface area contributed by atoms with E-state index in [1.807, 2.05) is 44.2 Å². The number of phenolic OH excluding ortho intramolecular Hbond substituents is 1. The molecule has 2 aromatic rings. The van der Waals surface area contributed by atoms with Crippen molar-refractivity contribution in [3.63, 3.8) is 0 Å². The average Bonchev–Trinajstić information content (AvgIpc) is 2.88. The van der Waals surface area contributed by atoms with E-state index in [4.69, 9.17) is 12.2 Å². The number of nitrogens with zero attached hydrogens (tertiary/aromatic N) is 1. The lowest BCUT2D eigenvalue weighted by atomic mass is 9.78. The minimum atomic E-state index is -0.230. The van der Waals surface area contributed by atoms with Gasteiger partial charge in [-0.05, 0) is 60.1 Å². The van der Waals surface area contributed by atoms with Crippen molar-refractivity contribution < 1.29 is 9.90 Å². The molecule has 31 heavy (non-hydrogen) atoms. The first-order valence-corrected chi connectivity index (χ1v) is 11.7. The Balaban J connectivity index is 2.09. The van der Waals surface area contributed by atoms with E-state index in [0.717, 1.165) is 33.5 Å². The fourth-order valence-electron chi connectivity index (χ4n) is 3.77. The maximum absolute atomic E-state index is 13.3. The lowest BCUT2D eigenvalue weighted by Gasteiger charge is -2.28. The zero-order valence-electron chi connectivity index (χ0n) is 19.6. The Hall–Kier alpha value is -2.11. The molecule has 0 aromatic heterocycles. The van der Waals surface area contributed by atoms with Gasteiger partial charge in [0.15, 0.2) is 4.32 Å². The number of thiocarbonyl (C=S) groups is 1. The summed E-state index contributed by atoms with van der Waals surface area (Å²) < 4.78 is 0.536. The SMILES string of the molecule is Cc1ccc(N2C(=O)/C(=C/c3cc(C(C)(C)C)c(O)c(C(C)(C)C)c3)SC2=S)c(C)c1. The van der Waals surface area contributed by atoms with Gasteiger partial charge in [0.1, 0.15) is 5.75 Å². The maximum atomic E-state index is 13.3. The Morgan fingerprint density at radius 2 is 1.52 bits per heavy atom. The van der Waals surface area contributed by atoms with E-state index in [1.165, 1.54) is 11.8 Å². The summed E-state index contributed by atoms with van der Waals surface area (Å²) in [4.78, 5) is 15.5. The molecule has 2 aromatic carbocycles. The number of hydrogen-bond acceptors (Lipinski definition) is 4. The molecule has 0 saturated carbocycles. The molecule has 1 saturated heterocycles. The molecule has 0 unspecified atom stereocenters. The summed E-state index contributed by atoms with van der Waals surface area (Å²) in [7, 11) is 0. The number of aromatic hydroxyl groups is 1. The van der Waals surface area contributed by atoms with Gasteiger partial charge in [0.25, 0.3) is 5.91 Å². The van der Waals surface area contributed by atoms with E-state index in [9.17, 15) is 9.90 Å². The summed E-state index contributed by atoms with van der Waals surface area (Å²) in [6.07, 6.45) is 1.90. The van der Waals surface area contributed by atoms with Crippen molar-refractivity contribution in [2.45, 2.75) is 66.2 Å². The Kier molecular flexibility index (Phi) is 6.16. The minimum absolute atomic E-state index is 0.107. The number of rotatable bonds is 2. The van der Waals surface area contributed by atoms with Crippen molar-refractivity contribution >= 4 is 46.0 Å².